The van der Waals surface area contributed by atoms with Gasteiger partial charge in [0, 0.05) is 0 Å². The van der Waals surface area contributed by atoms with Gasteiger partial charge in [0.1, 0.15) is 0 Å². The molecule has 0 saturated heterocycles. The van der Waals surface area contributed by atoms with E-state index in [1.54, 1.807) is 0 Å². The summed E-state index contributed by atoms with van der Waals surface area (Å²) in [5, 5.41) is 0.713. The van der Waals surface area contributed by atoms with Gasteiger partial charge in [-0.3, -0.25) is 0 Å². The summed E-state index contributed by atoms with van der Waals surface area (Å²) in [6.45, 7) is 30.2. The molecular weight excluding hydrogens is 631 g/mol. The molecule has 2 aromatic rings. The number of unbranched alkanes of at least 4 members (excludes halogenated alkanes) is 12. The zero-order valence-corrected chi connectivity index (χ0v) is 36.3. The van der Waals surface area contributed by atoms with E-state index in [1.807, 2.05) is 0 Å². The van der Waals surface area contributed by atoms with E-state index >= 15 is 0 Å². The average Bonchev–Trinajstić information content (AvgIpc) is 2.97. The van der Waals surface area contributed by atoms with Gasteiger partial charge in [-0.25, -0.2) is 0 Å². The molecule has 0 heterocycles. The molecule has 50 heavy (non-hydrogen) atoms. The van der Waals surface area contributed by atoms with Crippen LogP contribution in [0.15, 0.2) is 24.3 Å². The summed E-state index contributed by atoms with van der Waals surface area (Å²) in [5.41, 5.74) is 4.13. The number of hydrogen-bond acceptors (Lipinski definition) is 3. The third-order valence-corrected chi connectivity index (χ3v) is 13.1. The molecule has 0 aliphatic heterocycles. The van der Waals surface area contributed by atoms with E-state index in [0.717, 1.165) is 47.9 Å². The Hall–Kier alpha value is -1.25. The summed E-state index contributed by atoms with van der Waals surface area (Å²) in [4.78, 5) is 39.5. The van der Waals surface area contributed by atoms with Gasteiger partial charge in [0.15, 0.2) is 0 Å². The maximum atomic E-state index is 13.2. The second-order valence-electron chi connectivity index (χ2n) is 19.8. The summed E-state index contributed by atoms with van der Waals surface area (Å²) in [5.74, 6) is 0. The standard InChI is InChI=1S/C46H81O3P/c1-15-17-19-21-23-25-27-29-35-31-37(43(3,4)5)41(38(32-35)44(6,7)8)50(47,48,49)42-39(45(9,10)11)33-36(34-40(42)46(12,13)14)30-28-26-24-22-20-18-16-2/h31-34,47-49H,15-30H2,1-14H3. The normalized spacial score (nSPS) is 14.2. The van der Waals surface area contributed by atoms with Crippen LogP contribution in [0.25, 0.3) is 0 Å². The van der Waals surface area contributed by atoms with Gasteiger partial charge in [0.05, 0.1) is 0 Å². The van der Waals surface area contributed by atoms with E-state index < -0.39 is 28.9 Å². The van der Waals surface area contributed by atoms with Crippen LogP contribution in [0.1, 0.15) is 220 Å². The van der Waals surface area contributed by atoms with Gasteiger partial charge in [0.2, 0.25) is 0 Å². The van der Waals surface area contributed by atoms with Gasteiger partial charge in [-0.2, -0.15) is 0 Å². The van der Waals surface area contributed by atoms with Gasteiger partial charge in [-0.1, -0.05) is 13.8 Å². The fraction of sp³-hybridized carbons (Fsp3) is 0.739. The van der Waals surface area contributed by atoms with Crippen LogP contribution in [0.5, 0.6) is 0 Å². The van der Waals surface area contributed by atoms with Crippen molar-refractivity contribution in [2.75, 3.05) is 0 Å². The molecule has 0 amide bonds. The fourth-order valence-corrected chi connectivity index (χ4v) is 11.1. The second-order valence-corrected chi connectivity index (χ2v) is 22.7. The Morgan fingerprint density at radius 1 is 0.380 bits per heavy atom. The van der Waals surface area contributed by atoms with Crippen molar-refractivity contribution in [2.24, 2.45) is 0 Å². The monoisotopic (exact) mass is 713 g/mol. The van der Waals surface area contributed by atoms with Gasteiger partial charge < -0.3 is 0 Å². The van der Waals surface area contributed by atoms with E-state index in [9.17, 15) is 14.7 Å². The Bertz CT molecular complexity index is 1180. The maximum absolute atomic E-state index is 13.2. The van der Waals surface area contributed by atoms with Crippen molar-refractivity contribution >= 4 is 17.9 Å². The molecule has 3 N–H and O–H groups in total. The van der Waals surface area contributed by atoms with Gasteiger partial charge in [0.25, 0.3) is 0 Å². The van der Waals surface area contributed by atoms with E-state index in [-0.39, 0.29) is 0 Å². The van der Waals surface area contributed by atoms with Crippen molar-refractivity contribution < 1.29 is 14.7 Å². The second kappa shape index (κ2) is 17.7. The first-order valence-corrected chi connectivity index (χ1v) is 22.6. The Morgan fingerprint density at radius 3 is 0.820 bits per heavy atom. The van der Waals surface area contributed by atoms with Gasteiger partial charge in [-0.15, -0.1) is 0 Å². The van der Waals surface area contributed by atoms with Crippen molar-refractivity contribution in [2.45, 2.75) is 221 Å². The van der Waals surface area contributed by atoms with E-state index in [1.165, 1.54) is 88.2 Å². The van der Waals surface area contributed by atoms with Gasteiger partial charge >= 0.3 is 298 Å². The molecular formula is C46H81O3P. The predicted octanol–water partition coefficient (Wildman–Crippen LogP) is 12.7. The molecule has 0 aliphatic rings. The minimum atomic E-state index is -5.76. The average molecular weight is 713 g/mol. The minimum absolute atomic E-state index is 0.357. The van der Waals surface area contributed by atoms with E-state index in [4.69, 9.17) is 0 Å². The molecule has 0 fully saturated rings. The molecule has 0 aliphatic carbocycles. The number of rotatable bonds is 18. The molecule has 2 rings (SSSR count). The van der Waals surface area contributed by atoms with Crippen molar-refractivity contribution in [3.63, 3.8) is 0 Å². The number of benzene rings is 2. The summed E-state index contributed by atoms with van der Waals surface area (Å²) in [7, 11) is -5.76. The van der Waals surface area contributed by atoms with Crippen molar-refractivity contribution in [3.05, 3.63) is 57.6 Å². The van der Waals surface area contributed by atoms with Crippen LogP contribution in [-0.2, 0) is 34.5 Å². The fourth-order valence-electron chi connectivity index (χ4n) is 7.54. The molecule has 3 nitrogen and oxygen atoms in total. The Morgan fingerprint density at radius 2 is 0.600 bits per heavy atom. The molecule has 0 spiro atoms. The number of aryl methyl sites for hydroxylation is 2. The SMILES string of the molecule is CCCCCCCCCc1cc(C(C)(C)C)c(P(O)(O)(O)c2c(C(C)(C)C)cc(CCCCCCCCC)cc2C(C)(C)C)c(C(C)(C)C)c1. The van der Waals surface area contributed by atoms with Crippen LogP contribution in [0, 0.1) is 0 Å². The van der Waals surface area contributed by atoms with Crippen molar-refractivity contribution in [1.29, 1.82) is 0 Å². The Balaban J connectivity index is 2.84. The Labute approximate surface area is 310 Å². The molecule has 4 heteroatoms. The summed E-state index contributed by atoms with van der Waals surface area (Å²) in [6, 6.07) is 8.75. The van der Waals surface area contributed by atoms with E-state index in [2.05, 4.69) is 121 Å². The first kappa shape index (κ1) is 44.9. The summed E-state index contributed by atoms with van der Waals surface area (Å²) in [6.07, 6.45) is 19.4. The van der Waals surface area contributed by atoms with Crippen LogP contribution in [0.3, 0.4) is 0 Å². The predicted molar refractivity (Wildman–Crippen MR) is 224 cm³/mol. The van der Waals surface area contributed by atoms with Crippen LogP contribution in [0.4, 0.5) is 0 Å². The quantitative estimate of drug-likeness (QED) is 0.106. The first-order chi connectivity index (χ1) is 22.8. The molecule has 2 aromatic carbocycles. The summed E-state index contributed by atoms with van der Waals surface area (Å²) < 4.78 is 0. The zero-order chi connectivity index (χ0) is 38.2. The van der Waals surface area contributed by atoms with Crippen LogP contribution in [0.2, 0.25) is 0 Å². The topological polar surface area (TPSA) is 60.7 Å². The molecule has 0 saturated carbocycles. The summed E-state index contributed by atoms with van der Waals surface area (Å²) >= 11 is 0. The van der Waals surface area contributed by atoms with Crippen molar-refractivity contribution in [1.82, 2.24) is 0 Å². The number of hydrogen-bond donors (Lipinski definition) is 3. The van der Waals surface area contributed by atoms with Crippen molar-refractivity contribution in [3.8, 4) is 0 Å². The van der Waals surface area contributed by atoms with Crippen LogP contribution >= 0.6 is 7.28 Å². The molecule has 0 bridgehead atoms. The van der Waals surface area contributed by atoms with E-state index in [0.29, 0.717) is 10.6 Å². The molecule has 0 aromatic heterocycles. The molecule has 0 unspecified atom stereocenters. The first-order valence-electron chi connectivity index (χ1n) is 20.5. The molecule has 0 radical (unpaired) electrons. The molecule has 0 atom stereocenters. The Kier molecular flexibility index (Phi) is 15.9. The molecule has 288 valence electrons. The third-order valence-electron chi connectivity index (χ3n) is 10.5. The van der Waals surface area contributed by atoms with Crippen LogP contribution in [-0.4, -0.2) is 14.7 Å². The zero-order valence-electron chi connectivity index (χ0n) is 35.4. The van der Waals surface area contributed by atoms with Gasteiger partial charge in [-0.05, 0) is 0 Å². The van der Waals surface area contributed by atoms with Crippen LogP contribution < -0.4 is 10.6 Å². The third kappa shape index (κ3) is 12.4.